The Labute approximate surface area is 166 Å². The predicted octanol–water partition coefficient (Wildman–Crippen LogP) is 4.59. The second-order valence-electron chi connectivity index (χ2n) is 7.55. The Kier molecular flexibility index (Phi) is 8.13. The molecule has 1 atom stereocenters. The van der Waals surface area contributed by atoms with E-state index in [4.69, 9.17) is 9.84 Å². The molecule has 0 bridgehead atoms. The highest BCUT2D eigenvalue weighted by Crippen LogP contribution is 2.34. The molecule has 0 aliphatic carbocycles. The fraction of sp³-hybridized carbons (Fsp3) is 0.591. The largest absolute Gasteiger partial charge is 0.394 e. The standard InChI is InChI=1S/C20H26F2N2O2.C2H6/c1-20(2,13-26-10-9-25)17-11-23-18-8-3-5-14(12-24(17)18)19-15(21)6-4-7-16(19)22;1-2/h4,6-7,11,14,25H,3,5,8-10,12-13H2,1-2H3;1-2H3/t14-;/m1./s1. The van der Waals surface area contributed by atoms with Crippen LogP contribution in [0.3, 0.4) is 0 Å². The van der Waals surface area contributed by atoms with E-state index >= 15 is 0 Å². The number of rotatable bonds is 6. The van der Waals surface area contributed by atoms with Crippen molar-refractivity contribution in [2.75, 3.05) is 19.8 Å². The summed E-state index contributed by atoms with van der Waals surface area (Å²) in [5.41, 5.74) is 0.853. The maximum absolute atomic E-state index is 14.3. The minimum absolute atomic E-state index is 0.0186. The van der Waals surface area contributed by atoms with Crippen LogP contribution in [0.4, 0.5) is 8.78 Å². The summed E-state index contributed by atoms with van der Waals surface area (Å²) in [5.74, 6) is -0.231. The van der Waals surface area contributed by atoms with Gasteiger partial charge in [-0.15, -0.1) is 0 Å². The van der Waals surface area contributed by atoms with Crippen molar-refractivity contribution in [2.24, 2.45) is 0 Å². The summed E-state index contributed by atoms with van der Waals surface area (Å²) >= 11 is 0. The lowest BCUT2D eigenvalue weighted by Gasteiger charge is -2.27. The van der Waals surface area contributed by atoms with Gasteiger partial charge < -0.3 is 14.4 Å². The van der Waals surface area contributed by atoms with Crippen LogP contribution in [0.25, 0.3) is 0 Å². The number of aryl methyl sites for hydroxylation is 1. The van der Waals surface area contributed by atoms with Crippen molar-refractivity contribution >= 4 is 0 Å². The first kappa shape index (κ1) is 22.5. The third-order valence-corrected chi connectivity index (χ3v) is 5.09. The highest BCUT2D eigenvalue weighted by atomic mass is 19.1. The summed E-state index contributed by atoms with van der Waals surface area (Å²) in [4.78, 5) is 4.55. The SMILES string of the molecule is CC.CC(C)(COCCO)c1cnc2n1C[C@H](c1c(F)cccc1F)CCC2. The predicted molar refractivity (Wildman–Crippen MR) is 107 cm³/mol. The molecule has 0 saturated heterocycles. The molecule has 2 aromatic rings. The van der Waals surface area contributed by atoms with Crippen molar-refractivity contribution in [3.05, 3.63) is 53.1 Å². The monoisotopic (exact) mass is 394 g/mol. The number of aliphatic hydroxyl groups excluding tert-OH is 1. The van der Waals surface area contributed by atoms with Crippen LogP contribution >= 0.6 is 0 Å². The van der Waals surface area contributed by atoms with Crippen molar-refractivity contribution < 1.29 is 18.6 Å². The fourth-order valence-corrected chi connectivity index (χ4v) is 3.78. The van der Waals surface area contributed by atoms with Crippen LogP contribution < -0.4 is 0 Å². The minimum atomic E-state index is -0.481. The number of imidazole rings is 1. The molecule has 4 nitrogen and oxygen atoms in total. The maximum Gasteiger partial charge on any atom is 0.129 e. The van der Waals surface area contributed by atoms with Crippen LogP contribution in [0.5, 0.6) is 0 Å². The van der Waals surface area contributed by atoms with E-state index in [0.717, 1.165) is 30.8 Å². The molecular weight excluding hydrogens is 362 g/mol. The van der Waals surface area contributed by atoms with E-state index in [9.17, 15) is 8.78 Å². The van der Waals surface area contributed by atoms with Crippen LogP contribution in [0.15, 0.2) is 24.4 Å². The van der Waals surface area contributed by atoms with Gasteiger partial charge >= 0.3 is 0 Å². The third-order valence-electron chi connectivity index (χ3n) is 5.09. The average Bonchev–Trinajstić information content (AvgIpc) is 2.96. The van der Waals surface area contributed by atoms with Crippen molar-refractivity contribution in [3.8, 4) is 0 Å². The summed E-state index contributed by atoms with van der Waals surface area (Å²) in [5, 5.41) is 8.92. The Hall–Kier alpha value is -1.79. The van der Waals surface area contributed by atoms with Gasteiger partial charge in [0.2, 0.25) is 0 Å². The van der Waals surface area contributed by atoms with Gasteiger partial charge in [0.1, 0.15) is 17.5 Å². The molecule has 3 rings (SSSR count). The van der Waals surface area contributed by atoms with Crippen LogP contribution in [0, 0.1) is 11.6 Å². The van der Waals surface area contributed by atoms with E-state index in [1.807, 2.05) is 20.0 Å². The molecule has 0 fully saturated rings. The minimum Gasteiger partial charge on any atom is -0.394 e. The molecule has 1 N–H and O–H groups in total. The number of nitrogens with zero attached hydrogens (tertiary/aromatic N) is 2. The van der Waals surface area contributed by atoms with Gasteiger partial charge in [-0.25, -0.2) is 13.8 Å². The smallest absolute Gasteiger partial charge is 0.129 e. The van der Waals surface area contributed by atoms with E-state index in [2.05, 4.69) is 23.4 Å². The first-order valence-corrected chi connectivity index (χ1v) is 10.1. The molecule has 0 amide bonds. The number of aromatic nitrogens is 2. The number of fused-ring (bicyclic) bond motifs is 1. The Balaban J connectivity index is 0.00000136. The quantitative estimate of drug-likeness (QED) is 0.729. The Morgan fingerprint density at radius 1 is 1.25 bits per heavy atom. The zero-order valence-corrected chi connectivity index (χ0v) is 17.3. The first-order valence-electron chi connectivity index (χ1n) is 10.1. The molecule has 156 valence electrons. The molecule has 1 aliphatic heterocycles. The van der Waals surface area contributed by atoms with E-state index in [1.54, 1.807) is 0 Å². The molecule has 2 heterocycles. The number of benzene rings is 1. The molecule has 6 heteroatoms. The lowest BCUT2D eigenvalue weighted by molar-refractivity contribution is 0.0621. The van der Waals surface area contributed by atoms with E-state index in [1.165, 1.54) is 18.2 Å². The van der Waals surface area contributed by atoms with E-state index in [-0.39, 0.29) is 30.1 Å². The summed E-state index contributed by atoms with van der Waals surface area (Å²) < 4.78 is 36.2. The zero-order valence-electron chi connectivity index (χ0n) is 17.3. The van der Waals surface area contributed by atoms with Crippen LogP contribution in [0.2, 0.25) is 0 Å². The van der Waals surface area contributed by atoms with Gasteiger partial charge in [0, 0.05) is 41.8 Å². The van der Waals surface area contributed by atoms with Crippen LogP contribution in [-0.4, -0.2) is 34.5 Å². The van der Waals surface area contributed by atoms with Crippen LogP contribution in [-0.2, 0) is 23.1 Å². The summed E-state index contributed by atoms with van der Waals surface area (Å²) in [6, 6.07) is 4.05. The Morgan fingerprint density at radius 2 is 1.93 bits per heavy atom. The molecule has 28 heavy (non-hydrogen) atoms. The lowest BCUT2D eigenvalue weighted by Crippen LogP contribution is -2.29. The lowest BCUT2D eigenvalue weighted by atomic mass is 9.89. The van der Waals surface area contributed by atoms with Gasteiger partial charge in [-0.3, -0.25) is 0 Å². The fourth-order valence-electron chi connectivity index (χ4n) is 3.78. The van der Waals surface area contributed by atoms with E-state index in [0.29, 0.717) is 13.2 Å². The van der Waals surface area contributed by atoms with Crippen LogP contribution in [0.1, 0.15) is 63.5 Å². The highest BCUT2D eigenvalue weighted by Gasteiger charge is 2.31. The molecular formula is C22H32F2N2O2. The van der Waals surface area contributed by atoms with Crippen molar-refractivity contribution in [2.45, 2.75) is 64.8 Å². The van der Waals surface area contributed by atoms with Crippen molar-refractivity contribution in [3.63, 3.8) is 0 Å². The third kappa shape index (κ3) is 4.97. The van der Waals surface area contributed by atoms with E-state index < -0.39 is 11.6 Å². The molecule has 1 aromatic carbocycles. The number of aliphatic hydroxyl groups is 1. The second kappa shape index (κ2) is 10.1. The van der Waals surface area contributed by atoms with Gasteiger partial charge in [0.15, 0.2) is 0 Å². The number of halogens is 2. The van der Waals surface area contributed by atoms with Gasteiger partial charge in [-0.2, -0.15) is 0 Å². The number of ether oxygens (including phenoxy) is 1. The Bertz CT molecular complexity index is 739. The van der Waals surface area contributed by atoms with Gasteiger partial charge in [-0.1, -0.05) is 33.8 Å². The average molecular weight is 395 g/mol. The van der Waals surface area contributed by atoms with Crippen molar-refractivity contribution in [1.29, 1.82) is 0 Å². The highest BCUT2D eigenvalue weighted by molar-refractivity contribution is 5.26. The molecule has 0 spiro atoms. The van der Waals surface area contributed by atoms with Gasteiger partial charge in [0.05, 0.1) is 19.8 Å². The molecule has 0 radical (unpaired) electrons. The summed E-state index contributed by atoms with van der Waals surface area (Å²) in [6.45, 7) is 9.32. The number of hydrogen-bond donors (Lipinski definition) is 1. The molecule has 0 saturated carbocycles. The topological polar surface area (TPSA) is 47.3 Å². The maximum atomic E-state index is 14.3. The zero-order chi connectivity index (χ0) is 20.7. The van der Waals surface area contributed by atoms with Gasteiger partial charge in [0.25, 0.3) is 0 Å². The molecule has 1 aromatic heterocycles. The molecule has 1 aliphatic rings. The van der Waals surface area contributed by atoms with Gasteiger partial charge in [-0.05, 0) is 25.0 Å². The summed E-state index contributed by atoms with van der Waals surface area (Å²) in [7, 11) is 0. The summed E-state index contributed by atoms with van der Waals surface area (Å²) in [6.07, 6.45) is 4.20. The number of hydrogen-bond acceptors (Lipinski definition) is 3. The molecule has 0 unspecified atom stereocenters. The van der Waals surface area contributed by atoms with Crippen molar-refractivity contribution in [1.82, 2.24) is 9.55 Å². The Morgan fingerprint density at radius 3 is 2.57 bits per heavy atom. The first-order chi connectivity index (χ1) is 13.4. The second-order valence-corrected chi connectivity index (χ2v) is 7.55. The normalized spacial score (nSPS) is 16.8.